The highest BCUT2D eigenvalue weighted by atomic mass is 32.1. The van der Waals surface area contributed by atoms with Crippen LogP contribution in [0.4, 0.5) is 11.4 Å². The lowest BCUT2D eigenvalue weighted by molar-refractivity contribution is 0.0525. The molecule has 0 radical (unpaired) electrons. The summed E-state index contributed by atoms with van der Waals surface area (Å²) in [4.78, 5) is 23.7. The average molecular weight is 364 g/mol. The van der Waals surface area contributed by atoms with Gasteiger partial charge < -0.3 is 20.1 Å². The zero-order chi connectivity index (χ0) is 17.5. The third kappa shape index (κ3) is 4.53. The van der Waals surface area contributed by atoms with E-state index in [4.69, 9.17) is 21.7 Å². The Balaban J connectivity index is 1.99. The van der Waals surface area contributed by atoms with Gasteiger partial charge in [-0.2, -0.15) is 0 Å². The van der Waals surface area contributed by atoms with Crippen LogP contribution in [0.3, 0.4) is 0 Å². The number of methoxy groups -OCH3 is 1. The Morgan fingerprint density at radius 1 is 1.12 bits per heavy atom. The van der Waals surface area contributed by atoms with Crippen molar-refractivity contribution >= 4 is 52.0 Å². The van der Waals surface area contributed by atoms with E-state index in [1.165, 1.54) is 18.4 Å². The monoisotopic (exact) mass is 364 g/mol. The summed E-state index contributed by atoms with van der Waals surface area (Å²) in [6.45, 7) is 2.08. The highest BCUT2D eigenvalue weighted by molar-refractivity contribution is 7.80. The fraction of sp³-hybridized carbons (Fsp3) is 0.188. The predicted octanol–water partition coefficient (Wildman–Crippen LogP) is 3.52. The van der Waals surface area contributed by atoms with E-state index < -0.39 is 5.97 Å². The summed E-state index contributed by atoms with van der Waals surface area (Å²) in [6.07, 6.45) is 0. The maximum atomic E-state index is 11.6. The van der Waals surface area contributed by atoms with Crippen molar-refractivity contribution in [2.24, 2.45) is 0 Å². The summed E-state index contributed by atoms with van der Waals surface area (Å²) in [6, 6.07) is 8.47. The van der Waals surface area contributed by atoms with Gasteiger partial charge in [0.05, 0.1) is 25.0 Å². The second kappa shape index (κ2) is 8.42. The van der Waals surface area contributed by atoms with Crippen molar-refractivity contribution in [3.05, 3.63) is 46.2 Å². The predicted molar refractivity (Wildman–Crippen MR) is 97.9 cm³/mol. The zero-order valence-corrected chi connectivity index (χ0v) is 14.8. The van der Waals surface area contributed by atoms with E-state index in [9.17, 15) is 9.59 Å². The van der Waals surface area contributed by atoms with Gasteiger partial charge in [-0.15, -0.1) is 11.3 Å². The van der Waals surface area contributed by atoms with Crippen molar-refractivity contribution in [3.63, 3.8) is 0 Å². The van der Waals surface area contributed by atoms with Gasteiger partial charge in [0.25, 0.3) is 0 Å². The minimum absolute atomic E-state index is 0.322. The molecule has 0 unspecified atom stereocenters. The summed E-state index contributed by atoms with van der Waals surface area (Å²) in [5.41, 5.74) is 1.75. The molecule has 0 saturated heterocycles. The normalized spacial score (nSPS) is 9.92. The number of anilines is 2. The van der Waals surface area contributed by atoms with Crippen LogP contribution in [0.25, 0.3) is 0 Å². The molecule has 1 heterocycles. The number of carbonyl (C=O) groups is 2. The SMILES string of the molecule is CCOC(=O)c1ccc(NC(=S)Nc2ccsc2C(=O)OC)cc1. The number of rotatable bonds is 5. The Hall–Kier alpha value is -2.45. The van der Waals surface area contributed by atoms with Gasteiger partial charge in [0.15, 0.2) is 5.11 Å². The third-order valence-corrected chi connectivity index (χ3v) is 4.04. The van der Waals surface area contributed by atoms with Crippen LogP contribution in [0, 0.1) is 0 Å². The van der Waals surface area contributed by atoms with Crippen LogP contribution in [0.1, 0.15) is 27.0 Å². The molecule has 24 heavy (non-hydrogen) atoms. The Labute approximate surface area is 148 Å². The second-order valence-electron chi connectivity index (χ2n) is 4.53. The molecule has 0 aliphatic heterocycles. The first-order valence-corrected chi connectivity index (χ1v) is 8.35. The van der Waals surface area contributed by atoms with Crippen LogP contribution >= 0.6 is 23.6 Å². The molecule has 0 amide bonds. The number of ether oxygens (including phenoxy) is 2. The fourth-order valence-electron chi connectivity index (χ4n) is 1.85. The number of hydrogen-bond donors (Lipinski definition) is 2. The fourth-order valence-corrected chi connectivity index (χ4v) is 2.84. The first kappa shape index (κ1) is 17.9. The molecule has 126 valence electrons. The van der Waals surface area contributed by atoms with E-state index >= 15 is 0 Å². The molecule has 0 fully saturated rings. The van der Waals surface area contributed by atoms with Gasteiger partial charge in [-0.05, 0) is 54.9 Å². The summed E-state index contributed by atoms with van der Waals surface area (Å²) < 4.78 is 9.64. The molecule has 2 N–H and O–H groups in total. The van der Waals surface area contributed by atoms with Crippen molar-refractivity contribution in [2.75, 3.05) is 24.4 Å². The summed E-state index contributed by atoms with van der Waals surface area (Å²) in [7, 11) is 1.33. The van der Waals surface area contributed by atoms with Crippen LogP contribution in [0.5, 0.6) is 0 Å². The van der Waals surface area contributed by atoms with E-state index in [1.807, 2.05) is 0 Å². The molecule has 0 aliphatic rings. The van der Waals surface area contributed by atoms with E-state index in [0.717, 1.165) is 0 Å². The van der Waals surface area contributed by atoms with Gasteiger partial charge in [-0.1, -0.05) is 0 Å². The Morgan fingerprint density at radius 3 is 2.46 bits per heavy atom. The molecule has 0 spiro atoms. The van der Waals surface area contributed by atoms with Gasteiger partial charge in [-0.3, -0.25) is 0 Å². The first-order chi connectivity index (χ1) is 11.5. The largest absolute Gasteiger partial charge is 0.465 e. The molecule has 1 aromatic heterocycles. The molecule has 6 nitrogen and oxygen atoms in total. The minimum Gasteiger partial charge on any atom is -0.465 e. The molecular formula is C16H16N2O4S2. The average Bonchev–Trinajstić information content (AvgIpc) is 3.03. The standard InChI is InChI=1S/C16H16N2O4S2/c1-3-22-14(19)10-4-6-11(7-5-10)17-16(23)18-12-8-9-24-13(12)15(20)21-2/h4-9H,3H2,1-2H3,(H2,17,18,23). The Morgan fingerprint density at radius 2 is 1.83 bits per heavy atom. The first-order valence-electron chi connectivity index (χ1n) is 7.06. The number of hydrogen-bond acceptors (Lipinski definition) is 6. The van der Waals surface area contributed by atoms with Gasteiger partial charge >= 0.3 is 11.9 Å². The Kier molecular flexibility index (Phi) is 6.28. The number of carbonyl (C=O) groups excluding carboxylic acids is 2. The minimum atomic E-state index is -0.422. The lowest BCUT2D eigenvalue weighted by Crippen LogP contribution is -2.20. The van der Waals surface area contributed by atoms with E-state index in [1.54, 1.807) is 42.6 Å². The van der Waals surface area contributed by atoms with Gasteiger partial charge in [0, 0.05) is 5.69 Å². The van der Waals surface area contributed by atoms with E-state index in [2.05, 4.69) is 10.6 Å². The molecule has 2 rings (SSSR count). The topological polar surface area (TPSA) is 76.7 Å². The number of thiocarbonyl (C=S) groups is 1. The van der Waals surface area contributed by atoms with Gasteiger partial charge in [0.1, 0.15) is 4.88 Å². The van der Waals surface area contributed by atoms with Crippen molar-refractivity contribution in [3.8, 4) is 0 Å². The Bertz CT molecular complexity index is 741. The molecule has 2 aromatic rings. The molecule has 0 saturated carbocycles. The quantitative estimate of drug-likeness (QED) is 0.621. The maximum Gasteiger partial charge on any atom is 0.350 e. The summed E-state index contributed by atoms with van der Waals surface area (Å²) in [5, 5.41) is 8.02. The van der Waals surface area contributed by atoms with Crippen LogP contribution in [-0.2, 0) is 9.47 Å². The van der Waals surface area contributed by atoms with Crippen molar-refractivity contribution in [1.29, 1.82) is 0 Å². The van der Waals surface area contributed by atoms with Gasteiger partial charge in [-0.25, -0.2) is 9.59 Å². The summed E-state index contributed by atoms with van der Waals surface area (Å²) >= 11 is 6.50. The number of benzene rings is 1. The van der Waals surface area contributed by atoms with Gasteiger partial charge in [0.2, 0.25) is 0 Å². The highest BCUT2D eigenvalue weighted by Gasteiger charge is 2.14. The molecule has 0 aliphatic carbocycles. The van der Waals surface area contributed by atoms with E-state index in [0.29, 0.717) is 33.5 Å². The molecule has 1 aromatic carbocycles. The molecule has 0 atom stereocenters. The van der Waals surface area contributed by atoms with E-state index in [-0.39, 0.29) is 5.97 Å². The molecular weight excluding hydrogens is 348 g/mol. The number of esters is 2. The lowest BCUT2D eigenvalue weighted by atomic mass is 10.2. The van der Waals surface area contributed by atoms with Crippen molar-refractivity contribution in [2.45, 2.75) is 6.92 Å². The maximum absolute atomic E-state index is 11.6. The number of thiophene rings is 1. The highest BCUT2D eigenvalue weighted by Crippen LogP contribution is 2.23. The molecule has 8 heteroatoms. The second-order valence-corrected chi connectivity index (χ2v) is 5.86. The van der Waals surface area contributed by atoms with Crippen molar-refractivity contribution < 1.29 is 19.1 Å². The third-order valence-electron chi connectivity index (χ3n) is 2.94. The number of nitrogens with one attached hydrogen (secondary N) is 2. The van der Waals surface area contributed by atoms with Crippen LogP contribution in [0.2, 0.25) is 0 Å². The van der Waals surface area contributed by atoms with Crippen molar-refractivity contribution in [1.82, 2.24) is 0 Å². The van der Waals surface area contributed by atoms with Crippen LogP contribution < -0.4 is 10.6 Å². The van der Waals surface area contributed by atoms with Crippen LogP contribution in [0.15, 0.2) is 35.7 Å². The van der Waals surface area contributed by atoms with Crippen LogP contribution in [-0.4, -0.2) is 30.8 Å². The summed E-state index contributed by atoms with van der Waals surface area (Å²) in [5.74, 6) is -0.792. The lowest BCUT2D eigenvalue weighted by Gasteiger charge is -2.11. The molecule has 0 bridgehead atoms. The smallest absolute Gasteiger partial charge is 0.350 e. The zero-order valence-electron chi connectivity index (χ0n) is 13.1.